The second-order valence-corrected chi connectivity index (χ2v) is 5.71. The first-order valence-corrected chi connectivity index (χ1v) is 6.84. The van der Waals surface area contributed by atoms with Crippen LogP contribution >= 0.6 is 15.9 Å². The van der Waals surface area contributed by atoms with E-state index in [1.54, 1.807) is 6.07 Å². The molecular weight excluding hydrogens is 296 g/mol. The Morgan fingerprint density at radius 1 is 1.61 bits per heavy atom. The lowest BCUT2D eigenvalue weighted by atomic mass is 9.94. The smallest absolute Gasteiger partial charge is 0.311 e. The highest BCUT2D eigenvalue weighted by Gasteiger charge is 2.55. The molecular formula is C13H17BrN2O2. The van der Waals surface area contributed by atoms with Crippen molar-refractivity contribution in [1.29, 1.82) is 0 Å². The summed E-state index contributed by atoms with van der Waals surface area (Å²) in [6.45, 7) is 1.99. The van der Waals surface area contributed by atoms with E-state index in [1.165, 1.54) is 0 Å². The predicted octanol–water partition coefficient (Wildman–Crippen LogP) is 3.09. The molecule has 1 atom stereocenters. The summed E-state index contributed by atoms with van der Waals surface area (Å²) < 4.78 is 0.925. The predicted molar refractivity (Wildman–Crippen MR) is 75.6 cm³/mol. The van der Waals surface area contributed by atoms with Gasteiger partial charge in [0.05, 0.1) is 16.8 Å². The minimum Gasteiger partial charge on any atom is -0.481 e. The second-order valence-electron chi connectivity index (χ2n) is 4.80. The van der Waals surface area contributed by atoms with Crippen molar-refractivity contribution >= 4 is 33.3 Å². The molecule has 4 nitrogen and oxygen atoms in total. The highest BCUT2D eigenvalue weighted by Crippen LogP contribution is 2.51. The normalized spacial score (nSPS) is 18.1. The molecule has 1 aromatic rings. The highest BCUT2D eigenvalue weighted by atomic mass is 79.9. The van der Waals surface area contributed by atoms with Gasteiger partial charge in [-0.1, -0.05) is 22.9 Å². The lowest BCUT2D eigenvalue weighted by Crippen LogP contribution is -2.36. The van der Waals surface area contributed by atoms with E-state index in [4.69, 9.17) is 5.73 Å². The molecule has 0 spiro atoms. The molecule has 0 aromatic heterocycles. The van der Waals surface area contributed by atoms with Crippen molar-refractivity contribution in [2.75, 3.05) is 11.1 Å². The summed E-state index contributed by atoms with van der Waals surface area (Å²) >= 11 is 3.39. The number of nitrogens with one attached hydrogen (secondary N) is 1. The monoisotopic (exact) mass is 312 g/mol. The Labute approximate surface area is 115 Å². The Hall–Kier alpha value is -1.23. The number of nitrogen functional groups attached to an aromatic ring is 1. The number of carboxylic acid groups (broad SMARTS) is 1. The van der Waals surface area contributed by atoms with E-state index in [9.17, 15) is 9.90 Å². The molecule has 1 unspecified atom stereocenters. The summed E-state index contributed by atoms with van der Waals surface area (Å²) in [6.07, 6.45) is 2.24. The summed E-state index contributed by atoms with van der Waals surface area (Å²) in [6, 6.07) is 5.48. The molecule has 98 valence electrons. The third-order valence-electron chi connectivity index (χ3n) is 3.63. The van der Waals surface area contributed by atoms with Crippen LogP contribution in [-0.4, -0.2) is 17.1 Å². The molecule has 1 aliphatic carbocycles. The van der Waals surface area contributed by atoms with E-state index in [1.807, 2.05) is 19.1 Å². The van der Waals surface area contributed by atoms with Crippen molar-refractivity contribution < 1.29 is 9.90 Å². The average Bonchev–Trinajstić information content (AvgIpc) is 3.11. The molecule has 1 aliphatic rings. The van der Waals surface area contributed by atoms with Crippen molar-refractivity contribution in [3.63, 3.8) is 0 Å². The Bertz CT molecular complexity index is 472. The molecule has 1 saturated carbocycles. The zero-order valence-electron chi connectivity index (χ0n) is 10.2. The van der Waals surface area contributed by atoms with E-state index in [0.717, 1.165) is 29.4 Å². The Balaban J connectivity index is 2.21. The van der Waals surface area contributed by atoms with E-state index >= 15 is 0 Å². The minimum atomic E-state index is -0.713. The molecule has 0 aliphatic heterocycles. The van der Waals surface area contributed by atoms with Crippen LogP contribution in [0.3, 0.4) is 0 Å². The van der Waals surface area contributed by atoms with Crippen molar-refractivity contribution in [2.24, 2.45) is 5.41 Å². The summed E-state index contributed by atoms with van der Waals surface area (Å²) in [7, 11) is 0. The molecule has 0 saturated heterocycles. The molecule has 0 radical (unpaired) electrons. The zero-order valence-corrected chi connectivity index (χ0v) is 11.8. The van der Waals surface area contributed by atoms with Crippen LogP contribution in [0.25, 0.3) is 0 Å². The molecule has 0 amide bonds. The fourth-order valence-corrected chi connectivity index (χ4v) is 2.68. The SMILES string of the molecule is CCC(Nc1cc(Br)ccc1N)C1(C(=O)O)CC1. The van der Waals surface area contributed by atoms with Crippen molar-refractivity contribution in [2.45, 2.75) is 32.2 Å². The first kappa shape index (κ1) is 13.2. The first-order valence-electron chi connectivity index (χ1n) is 6.04. The summed E-state index contributed by atoms with van der Waals surface area (Å²) in [5.74, 6) is -0.713. The fourth-order valence-electron chi connectivity index (χ4n) is 2.32. The topological polar surface area (TPSA) is 75.3 Å². The van der Waals surface area contributed by atoms with Crippen LogP contribution in [0.2, 0.25) is 0 Å². The number of anilines is 2. The molecule has 4 N–H and O–H groups in total. The van der Waals surface area contributed by atoms with Crippen LogP contribution in [0.15, 0.2) is 22.7 Å². The molecule has 0 heterocycles. The summed E-state index contributed by atoms with van der Waals surface area (Å²) in [4.78, 5) is 11.3. The van der Waals surface area contributed by atoms with Gasteiger partial charge in [0.1, 0.15) is 0 Å². The van der Waals surface area contributed by atoms with Crippen molar-refractivity contribution in [1.82, 2.24) is 0 Å². The molecule has 1 aromatic carbocycles. The quantitative estimate of drug-likeness (QED) is 0.730. The van der Waals surface area contributed by atoms with Crippen molar-refractivity contribution in [3.8, 4) is 0 Å². The maximum atomic E-state index is 11.3. The molecule has 18 heavy (non-hydrogen) atoms. The third-order valence-corrected chi connectivity index (χ3v) is 4.13. The minimum absolute atomic E-state index is 0.0772. The van der Waals surface area contributed by atoms with E-state index in [0.29, 0.717) is 5.69 Å². The lowest BCUT2D eigenvalue weighted by molar-refractivity contribution is -0.144. The Morgan fingerprint density at radius 2 is 2.28 bits per heavy atom. The van der Waals surface area contributed by atoms with Gasteiger partial charge in [-0.3, -0.25) is 4.79 Å². The van der Waals surface area contributed by atoms with Gasteiger partial charge in [0.15, 0.2) is 0 Å². The number of hydrogen-bond donors (Lipinski definition) is 3. The van der Waals surface area contributed by atoms with Gasteiger partial charge in [-0.05, 0) is 37.5 Å². The van der Waals surface area contributed by atoms with Gasteiger partial charge >= 0.3 is 5.97 Å². The maximum Gasteiger partial charge on any atom is 0.311 e. The van der Waals surface area contributed by atoms with E-state index in [2.05, 4.69) is 21.2 Å². The molecule has 2 rings (SSSR count). The van der Waals surface area contributed by atoms with Crippen LogP contribution in [0.5, 0.6) is 0 Å². The van der Waals surface area contributed by atoms with Gasteiger partial charge in [0, 0.05) is 10.5 Å². The highest BCUT2D eigenvalue weighted by molar-refractivity contribution is 9.10. The first-order chi connectivity index (χ1) is 8.49. The van der Waals surface area contributed by atoms with Crippen LogP contribution in [0.1, 0.15) is 26.2 Å². The number of hydrogen-bond acceptors (Lipinski definition) is 3. The van der Waals surface area contributed by atoms with Gasteiger partial charge in [-0.15, -0.1) is 0 Å². The van der Waals surface area contributed by atoms with Crippen LogP contribution in [0.4, 0.5) is 11.4 Å². The standard InChI is InChI=1S/C13H17BrN2O2/c1-2-11(13(5-6-13)12(17)18)16-10-7-8(14)3-4-9(10)15/h3-4,7,11,16H,2,5-6,15H2,1H3,(H,17,18). The third kappa shape index (κ3) is 2.32. The van der Waals surface area contributed by atoms with Gasteiger partial charge in [-0.2, -0.15) is 0 Å². The average molecular weight is 313 g/mol. The number of benzene rings is 1. The van der Waals surface area contributed by atoms with E-state index < -0.39 is 11.4 Å². The number of nitrogens with two attached hydrogens (primary N) is 1. The molecule has 1 fully saturated rings. The Morgan fingerprint density at radius 3 is 2.78 bits per heavy atom. The van der Waals surface area contributed by atoms with Gasteiger partial charge in [-0.25, -0.2) is 0 Å². The van der Waals surface area contributed by atoms with Crippen LogP contribution in [-0.2, 0) is 4.79 Å². The fraction of sp³-hybridized carbons (Fsp3) is 0.462. The second kappa shape index (κ2) is 4.80. The van der Waals surface area contributed by atoms with Crippen LogP contribution < -0.4 is 11.1 Å². The number of rotatable bonds is 5. The van der Waals surface area contributed by atoms with E-state index in [-0.39, 0.29) is 6.04 Å². The van der Waals surface area contributed by atoms with Gasteiger partial charge in [0.25, 0.3) is 0 Å². The van der Waals surface area contributed by atoms with Crippen LogP contribution in [0, 0.1) is 5.41 Å². The molecule has 5 heteroatoms. The number of halogens is 1. The number of carbonyl (C=O) groups is 1. The Kier molecular flexibility index (Phi) is 3.52. The largest absolute Gasteiger partial charge is 0.481 e. The van der Waals surface area contributed by atoms with Gasteiger partial charge in [0.2, 0.25) is 0 Å². The van der Waals surface area contributed by atoms with Gasteiger partial charge < -0.3 is 16.2 Å². The zero-order chi connectivity index (χ0) is 13.3. The summed E-state index contributed by atoms with van der Waals surface area (Å²) in [5.41, 5.74) is 6.73. The maximum absolute atomic E-state index is 11.3. The molecule has 0 bridgehead atoms. The van der Waals surface area contributed by atoms with Crippen molar-refractivity contribution in [3.05, 3.63) is 22.7 Å². The number of carboxylic acids is 1. The number of aliphatic carboxylic acids is 1. The summed E-state index contributed by atoms with van der Waals surface area (Å²) in [5, 5.41) is 12.6. The lowest BCUT2D eigenvalue weighted by Gasteiger charge is -2.25.